The summed E-state index contributed by atoms with van der Waals surface area (Å²) in [7, 11) is 5.44. The first-order chi connectivity index (χ1) is 14.9. The van der Waals surface area contributed by atoms with E-state index in [2.05, 4.69) is 39.8 Å². The van der Waals surface area contributed by atoms with Crippen LogP contribution < -0.4 is 25.3 Å². The largest absolute Gasteiger partial charge is 0.378 e. The molecule has 2 amide bonds. The number of piperazine rings is 1. The molecule has 1 fully saturated rings. The van der Waals surface area contributed by atoms with Crippen LogP contribution in [0.15, 0.2) is 48.5 Å². The lowest BCUT2D eigenvalue weighted by atomic mass is 10.0. The van der Waals surface area contributed by atoms with Gasteiger partial charge in [0, 0.05) is 38.1 Å². The number of benzene rings is 2. The minimum atomic E-state index is -0.641. The molecule has 0 unspecified atom stereocenters. The molecule has 7 nitrogen and oxygen atoms in total. The van der Waals surface area contributed by atoms with Gasteiger partial charge in [-0.2, -0.15) is 0 Å². The summed E-state index contributed by atoms with van der Waals surface area (Å²) in [5, 5.41) is 5.14. The summed E-state index contributed by atoms with van der Waals surface area (Å²) in [4.78, 5) is 29.3. The summed E-state index contributed by atoms with van der Waals surface area (Å²) >= 11 is 0. The summed E-state index contributed by atoms with van der Waals surface area (Å²) in [5.74, 6) is -1.50. The van der Waals surface area contributed by atoms with E-state index < -0.39 is 11.8 Å². The Bertz CT molecular complexity index is 878. The minimum absolute atomic E-state index is 0.0280. The molecule has 2 aromatic carbocycles. The van der Waals surface area contributed by atoms with Crippen molar-refractivity contribution in [2.24, 2.45) is 0 Å². The van der Waals surface area contributed by atoms with Gasteiger partial charge in [0.1, 0.15) is 11.9 Å². The lowest BCUT2D eigenvalue weighted by Gasteiger charge is -2.38. The number of likely N-dealkylation sites (N-methyl/N-ethyl adjacent to an activating group) is 1. The van der Waals surface area contributed by atoms with Gasteiger partial charge in [-0.25, -0.2) is 4.39 Å². The van der Waals surface area contributed by atoms with E-state index >= 15 is 0 Å². The van der Waals surface area contributed by atoms with Gasteiger partial charge in [0.25, 0.3) is 0 Å². The normalized spacial score (nSPS) is 15.3. The van der Waals surface area contributed by atoms with Crippen molar-refractivity contribution in [1.82, 2.24) is 10.6 Å². The number of carbonyl (C=O) groups excluding carboxylic acids is 2. The second-order valence-electron chi connectivity index (χ2n) is 7.95. The Hall–Kier alpha value is -3.13. The summed E-state index contributed by atoms with van der Waals surface area (Å²) in [6, 6.07) is 14.9. The van der Waals surface area contributed by atoms with Crippen molar-refractivity contribution in [2.45, 2.75) is 6.04 Å². The third kappa shape index (κ3) is 5.73. The summed E-state index contributed by atoms with van der Waals surface area (Å²) in [6.45, 7) is 3.77. The number of hydrogen-bond donors (Lipinski definition) is 3. The summed E-state index contributed by atoms with van der Waals surface area (Å²) < 4.78 is 13.2. The van der Waals surface area contributed by atoms with E-state index in [1.807, 2.05) is 19.0 Å². The number of hydrogen-bond acceptors (Lipinski definition) is 4. The molecule has 1 aliphatic rings. The molecule has 0 radical (unpaired) electrons. The van der Waals surface area contributed by atoms with Crippen LogP contribution in [0.25, 0.3) is 0 Å². The molecular formula is C23H31FN5O2+. The molecule has 3 rings (SSSR count). The van der Waals surface area contributed by atoms with E-state index in [0.717, 1.165) is 43.1 Å². The summed E-state index contributed by atoms with van der Waals surface area (Å²) in [5.41, 5.74) is 3.24. The Morgan fingerprint density at radius 2 is 1.65 bits per heavy atom. The Kier molecular flexibility index (Phi) is 7.46. The van der Waals surface area contributed by atoms with Gasteiger partial charge in [0.05, 0.1) is 32.7 Å². The average molecular weight is 429 g/mol. The second kappa shape index (κ2) is 10.3. The topological polar surface area (TPSA) is 69.1 Å². The molecule has 31 heavy (non-hydrogen) atoms. The van der Waals surface area contributed by atoms with Crippen LogP contribution in [0.1, 0.15) is 11.6 Å². The standard InChI is InChI=1S/C23H30FN5O2/c1-25-22(30)23(31)26-16-21(17-4-8-19(9-5-17)27(2)3)29-14-12-28(13-15-29)20-10-6-18(24)7-11-20/h4-11,21H,12-16H2,1-3H3,(H,25,30)(H,26,31)/p+1/t21-/m1/s1. The zero-order valence-corrected chi connectivity index (χ0v) is 18.3. The van der Waals surface area contributed by atoms with E-state index in [9.17, 15) is 14.0 Å². The van der Waals surface area contributed by atoms with Gasteiger partial charge in [-0.1, -0.05) is 12.1 Å². The average Bonchev–Trinajstić information content (AvgIpc) is 2.79. The molecule has 0 aliphatic carbocycles. The first-order valence-electron chi connectivity index (χ1n) is 10.5. The molecule has 1 saturated heterocycles. The van der Waals surface area contributed by atoms with Gasteiger partial charge in [0.15, 0.2) is 0 Å². The highest BCUT2D eigenvalue weighted by Crippen LogP contribution is 2.18. The molecule has 1 atom stereocenters. The van der Waals surface area contributed by atoms with Crippen LogP contribution in [0.5, 0.6) is 0 Å². The Labute approximate surface area is 182 Å². The predicted octanol–water partition coefficient (Wildman–Crippen LogP) is 0.200. The zero-order chi connectivity index (χ0) is 22.4. The molecule has 1 heterocycles. The molecule has 8 heteroatoms. The third-order valence-corrected chi connectivity index (χ3v) is 5.80. The van der Waals surface area contributed by atoms with Gasteiger partial charge < -0.3 is 25.3 Å². The van der Waals surface area contributed by atoms with E-state index in [1.54, 1.807) is 12.1 Å². The number of carbonyl (C=O) groups is 2. The van der Waals surface area contributed by atoms with Crippen LogP contribution in [-0.2, 0) is 9.59 Å². The fraction of sp³-hybridized carbons (Fsp3) is 0.391. The first kappa shape index (κ1) is 22.6. The highest BCUT2D eigenvalue weighted by molar-refractivity contribution is 6.35. The maximum absolute atomic E-state index is 13.2. The predicted molar refractivity (Wildman–Crippen MR) is 120 cm³/mol. The Morgan fingerprint density at radius 3 is 2.19 bits per heavy atom. The van der Waals surface area contributed by atoms with Crippen molar-refractivity contribution < 1.29 is 18.9 Å². The molecule has 0 spiro atoms. The van der Waals surface area contributed by atoms with Gasteiger partial charge in [-0.3, -0.25) is 9.59 Å². The van der Waals surface area contributed by atoms with E-state index in [0.29, 0.717) is 6.54 Å². The van der Waals surface area contributed by atoms with E-state index in [-0.39, 0.29) is 11.9 Å². The smallest absolute Gasteiger partial charge is 0.309 e. The van der Waals surface area contributed by atoms with Crippen molar-refractivity contribution in [3.63, 3.8) is 0 Å². The van der Waals surface area contributed by atoms with Crippen LogP contribution in [0.3, 0.4) is 0 Å². The number of quaternary nitrogens is 1. The van der Waals surface area contributed by atoms with Crippen LogP contribution in [0, 0.1) is 5.82 Å². The van der Waals surface area contributed by atoms with Gasteiger partial charge in [-0.05, 0) is 36.4 Å². The molecule has 0 saturated carbocycles. The van der Waals surface area contributed by atoms with Crippen LogP contribution in [0.4, 0.5) is 15.8 Å². The van der Waals surface area contributed by atoms with Crippen LogP contribution in [0.2, 0.25) is 0 Å². The molecule has 2 aromatic rings. The third-order valence-electron chi connectivity index (χ3n) is 5.80. The molecule has 0 aromatic heterocycles. The van der Waals surface area contributed by atoms with Crippen LogP contribution >= 0.6 is 0 Å². The maximum Gasteiger partial charge on any atom is 0.309 e. The lowest BCUT2D eigenvalue weighted by molar-refractivity contribution is -0.931. The van der Waals surface area contributed by atoms with Crippen molar-refractivity contribution in [2.75, 3.05) is 63.7 Å². The number of nitrogens with zero attached hydrogens (tertiary/aromatic N) is 2. The van der Waals surface area contributed by atoms with E-state index in [1.165, 1.54) is 24.1 Å². The Morgan fingerprint density at radius 1 is 1.03 bits per heavy atom. The number of halogens is 1. The monoisotopic (exact) mass is 428 g/mol. The molecule has 3 N–H and O–H groups in total. The highest BCUT2D eigenvalue weighted by atomic mass is 19.1. The van der Waals surface area contributed by atoms with Gasteiger partial charge in [-0.15, -0.1) is 0 Å². The van der Waals surface area contributed by atoms with Crippen LogP contribution in [-0.4, -0.2) is 65.7 Å². The van der Waals surface area contributed by atoms with Crippen molar-refractivity contribution >= 4 is 23.2 Å². The Balaban J connectivity index is 1.72. The molecular weight excluding hydrogens is 397 g/mol. The molecule has 0 bridgehead atoms. The second-order valence-corrected chi connectivity index (χ2v) is 7.95. The molecule has 1 aliphatic heterocycles. The van der Waals surface area contributed by atoms with E-state index in [4.69, 9.17) is 0 Å². The number of amides is 2. The fourth-order valence-corrected chi connectivity index (χ4v) is 3.94. The maximum atomic E-state index is 13.2. The van der Waals surface area contributed by atoms with Gasteiger partial charge in [0.2, 0.25) is 0 Å². The van der Waals surface area contributed by atoms with Gasteiger partial charge >= 0.3 is 11.8 Å². The lowest BCUT2D eigenvalue weighted by Crippen LogP contribution is -3.15. The molecule has 166 valence electrons. The highest BCUT2D eigenvalue weighted by Gasteiger charge is 2.30. The summed E-state index contributed by atoms with van der Waals surface area (Å²) in [6.07, 6.45) is 0. The first-order valence-corrected chi connectivity index (χ1v) is 10.5. The number of anilines is 2. The van der Waals surface area contributed by atoms with Crippen molar-refractivity contribution in [1.29, 1.82) is 0 Å². The number of rotatable bonds is 6. The quantitative estimate of drug-likeness (QED) is 0.575. The number of nitrogens with one attached hydrogen (secondary N) is 3. The SMILES string of the molecule is CNC(=O)C(=O)NC[C@H](c1ccc(N(C)C)cc1)[NH+]1CCN(c2ccc(F)cc2)CC1. The van der Waals surface area contributed by atoms with Crippen molar-refractivity contribution in [3.8, 4) is 0 Å². The fourth-order valence-electron chi connectivity index (χ4n) is 3.94. The van der Waals surface area contributed by atoms with Crippen molar-refractivity contribution in [3.05, 3.63) is 59.9 Å². The minimum Gasteiger partial charge on any atom is -0.378 e. The zero-order valence-electron chi connectivity index (χ0n) is 18.3.